The number of halogens is 2. The molecule has 6 nitrogen and oxygen atoms in total. The number of nitrogens with zero attached hydrogens (tertiary/aromatic N) is 3. The van der Waals surface area contributed by atoms with E-state index in [-0.39, 0.29) is 17.0 Å². The average molecular weight is 425 g/mol. The lowest BCUT2D eigenvalue weighted by Crippen LogP contribution is -2.13. The van der Waals surface area contributed by atoms with Crippen LogP contribution in [0.15, 0.2) is 58.4 Å². The molecule has 0 spiro atoms. The Bertz CT molecular complexity index is 1240. The van der Waals surface area contributed by atoms with Crippen LogP contribution in [0.3, 0.4) is 0 Å². The second-order valence-corrected chi connectivity index (χ2v) is 7.21. The standard InChI is InChI=1S/C20H10ClFN4O2S/c21-13-4-2-12(3-5-13)18-25-20(28-26-18)17-16(7-8-29-17)24-19(27)14-6-1-11(10-23)9-15(14)22/h1-9H,(H,24,27). The monoisotopic (exact) mass is 424 g/mol. The van der Waals surface area contributed by atoms with Crippen molar-refractivity contribution in [2.24, 2.45) is 0 Å². The van der Waals surface area contributed by atoms with Gasteiger partial charge in [-0.3, -0.25) is 4.79 Å². The first kappa shape index (κ1) is 18.8. The summed E-state index contributed by atoms with van der Waals surface area (Å²) >= 11 is 7.18. The molecule has 2 aromatic carbocycles. The van der Waals surface area contributed by atoms with Gasteiger partial charge in [-0.2, -0.15) is 10.2 Å². The Kier molecular flexibility index (Phi) is 5.08. The van der Waals surface area contributed by atoms with E-state index in [4.69, 9.17) is 21.4 Å². The van der Waals surface area contributed by atoms with Gasteiger partial charge < -0.3 is 9.84 Å². The molecule has 29 heavy (non-hydrogen) atoms. The van der Waals surface area contributed by atoms with Crippen LogP contribution in [0.25, 0.3) is 22.2 Å². The average Bonchev–Trinajstić information content (AvgIpc) is 3.37. The predicted molar refractivity (Wildman–Crippen MR) is 107 cm³/mol. The molecule has 2 aromatic heterocycles. The van der Waals surface area contributed by atoms with Gasteiger partial charge in [0.1, 0.15) is 10.7 Å². The van der Waals surface area contributed by atoms with Crippen molar-refractivity contribution in [1.82, 2.24) is 10.1 Å². The lowest BCUT2D eigenvalue weighted by Gasteiger charge is -2.06. The van der Waals surface area contributed by atoms with Gasteiger partial charge in [0.15, 0.2) is 0 Å². The lowest BCUT2D eigenvalue weighted by atomic mass is 10.1. The number of carbonyl (C=O) groups is 1. The van der Waals surface area contributed by atoms with Gasteiger partial charge in [-0.15, -0.1) is 11.3 Å². The molecule has 0 saturated carbocycles. The van der Waals surface area contributed by atoms with Gasteiger partial charge in [-0.1, -0.05) is 16.8 Å². The van der Waals surface area contributed by atoms with Gasteiger partial charge in [0.2, 0.25) is 5.82 Å². The summed E-state index contributed by atoms with van der Waals surface area (Å²) < 4.78 is 19.4. The van der Waals surface area contributed by atoms with Gasteiger partial charge in [-0.05, 0) is 53.9 Å². The molecule has 0 radical (unpaired) electrons. The molecule has 2 heterocycles. The van der Waals surface area contributed by atoms with Gasteiger partial charge >= 0.3 is 0 Å². The van der Waals surface area contributed by atoms with Crippen molar-refractivity contribution in [1.29, 1.82) is 5.26 Å². The SMILES string of the molecule is N#Cc1ccc(C(=O)Nc2ccsc2-c2nc(-c3ccc(Cl)cc3)no2)c(F)c1. The molecule has 4 aromatic rings. The molecule has 142 valence electrons. The van der Waals surface area contributed by atoms with E-state index in [1.807, 2.05) is 6.07 Å². The van der Waals surface area contributed by atoms with Crippen molar-refractivity contribution in [2.45, 2.75) is 0 Å². The second-order valence-electron chi connectivity index (χ2n) is 5.85. The van der Waals surface area contributed by atoms with Crippen molar-refractivity contribution in [3.8, 4) is 28.2 Å². The molecule has 0 bridgehead atoms. The van der Waals surface area contributed by atoms with Gasteiger partial charge in [0, 0.05) is 10.6 Å². The summed E-state index contributed by atoms with van der Waals surface area (Å²) in [5.41, 5.74) is 1.10. The van der Waals surface area contributed by atoms with Crippen LogP contribution in [0, 0.1) is 17.1 Å². The maximum Gasteiger partial charge on any atom is 0.270 e. The predicted octanol–water partition coefficient (Wildman–Crippen LogP) is 5.38. The third-order valence-corrected chi connectivity index (χ3v) is 5.13. The first-order chi connectivity index (χ1) is 14.0. The Morgan fingerprint density at radius 2 is 2.00 bits per heavy atom. The fourth-order valence-corrected chi connectivity index (χ4v) is 3.46. The number of aromatic nitrogens is 2. The fourth-order valence-electron chi connectivity index (χ4n) is 2.56. The van der Waals surface area contributed by atoms with E-state index in [9.17, 15) is 9.18 Å². The zero-order chi connectivity index (χ0) is 20.4. The highest BCUT2D eigenvalue weighted by molar-refractivity contribution is 7.14. The molecule has 0 aliphatic carbocycles. The molecule has 0 unspecified atom stereocenters. The minimum absolute atomic E-state index is 0.135. The maximum atomic E-state index is 14.1. The van der Waals surface area contributed by atoms with Crippen LogP contribution in [0.1, 0.15) is 15.9 Å². The molecular weight excluding hydrogens is 415 g/mol. The van der Waals surface area contributed by atoms with Crippen molar-refractivity contribution >= 4 is 34.5 Å². The zero-order valence-corrected chi connectivity index (χ0v) is 16.1. The molecule has 1 amide bonds. The van der Waals surface area contributed by atoms with E-state index >= 15 is 0 Å². The van der Waals surface area contributed by atoms with Crippen molar-refractivity contribution < 1.29 is 13.7 Å². The van der Waals surface area contributed by atoms with Crippen LogP contribution in [-0.4, -0.2) is 16.0 Å². The molecule has 0 aliphatic heterocycles. The highest BCUT2D eigenvalue weighted by Crippen LogP contribution is 2.34. The first-order valence-corrected chi connectivity index (χ1v) is 9.49. The van der Waals surface area contributed by atoms with Crippen LogP contribution >= 0.6 is 22.9 Å². The normalized spacial score (nSPS) is 10.5. The Labute approximate surface area is 173 Å². The Morgan fingerprint density at radius 1 is 1.21 bits per heavy atom. The molecule has 1 N–H and O–H groups in total. The maximum absolute atomic E-state index is 14.1. The summed E-state index contributed by atoms with van der Waals surface area (Å²) in [5.74, 6) is -0.828. The largest absolute Gasteiger partial charge is 0.333 e. The molecule has 0 aliphatic rings. The molecule has 0 saturated heterocycles. The second kappa shape index (κ2) is 7.83. The Morgan fingerprint density at radius 3 is 2.72 bits per heavy atom. The van der Waals surface area contributed by atoms with Crippen LogP contribution < -0.4 is 5.32 Å². The number of nitriles is 1. The summed E-state index contributed by atoms with van der Waals surface area (Å²) in [5, 5.41) is 17.8. The zero-order valence-electron chi connectivity index (χ0n) is 14.5. The van der Waals surface area contributed by atoms with E-state index in [1.165, 1.54) is 23.5 Å². The molecule has 0 atom stereocenters. The quantitative estimate of drug-likeness (QED) is 0.474. The van der Waals surface area contributed by atoms with Crippen molar-refractivity contribution in [3.05, 3.63) is 75.9 Å². The number of nitrogens with one attached hydrogen (secondary N) is 1. The minimum Gasteiger partial charge on any atom is -0.333 e. The highest BCUT2D eigenvalue weighted by atomic mass is 35.5. The molecule has 4 rings (SSSR count). The Hall–Kier alpha value is -3.54. The number of carbonyl (C=O) groups excluding carboxylic acids is 1. The minimum atomic E-state index is -0.777. The van der Waals surface area contributed by atoms with Crippen LogP contribution in [0.4, 0.5) is 10.1 Å². The Balaban J connectivity index is 1.59. The number of hydrogen-bond acceptors (Lipinski definition) is 6. The van der Waals surface area contributed by atoms with Crippen molar-refractivity contribution in [3.63, 3.8) is 0 Å². The smallest absolute Gasteiger partial charge is 0.270 e. The van der Waals surface area contributed by atoms with E-state index in [0.29, 0.717) is 21.4 Å². The van der Waals surface area contributed by atoms with E-state index in [0.717, 1.165) is 11.6 Å². The summed E-state index contributed by atoms with van der Waals surface area (Å²) in [6, 6.07) is 14.1. The lowest BCUT2D eigenvalue weighted by molar-refractivity contribution is 0.102. The number of rotatable bonds is 4. The molecule has 9 heteroatoms. The van der Waals surface area contributed by atoms with Crippen LogP contribution in [0.5, 0.6) is 0 Å². The van der Waals surface area contributed by atoms with E-state index in [2.05, 4.69) is 15.5 Å². The number of benzene rings is 2. The van der Waals surface area contributed by atoms with E-state index < -0.39 is 11.7 Å². The number of amides is 1. The summed E-state index contributed by atoms with van der Waals surface area (Å²) in [4.78, 5) is 17.4. The topological polar surface area (TPSA) is 91.8 Å². The van der Waals surface area contributed by atoms with Gasteiger partial charge in [-0.25, -0.2) is 4.39 Å². The fraction of sp³-hybridized carbons (Fsp3) is 0. The number of thiophene rings is 1. The third kappa shape index (κ3) is 3.87. The summed E-state index contributed by atoms with van der Waals surface area (Å²) in [6.07, 6.45) is 0. The van der Waals surface area contributed by atoms with Crippen LogP contribution in [-0.2, 0) is 0 Å². The summed E-state index contributed by atoms with van der Waals surface area (Å²) in [6.45, 7) is 0. The number of anilines is 1. The highest BCUT2D eigenvalue weighted by Gasteiger charge is 2.19. The number of hydrogen-bond donors (Lipinski definition) is 1. The van der Waals surface area contributed by atoms with E-state index in [1.54, 1.807) is 35.7 Å². The summed E-state index contributed by atoms with van der Waals surface area (Å²) in [7, 11) is 0. The van der Waals surface area contributed by atoms with Crippen LogP contribution in [0.2, 0.25) is 5.02 Å². The van der Waals surface area contributed by atoms with Crippen molar-refractivity contribution in [2.75, 3.05) is 5.32 Å². The van der Waals surface area contributed by atoms with Gasteiger partial charge in [0.25, 0.3) is 11.8 Å². The third-order valence-electron chi connectivity index (χ3n) is 3.98. The van der Waals surface area contributed by atoms with Gasteiger partial charge in [0.05, 0.1) is 22.9 Å². The molecular formula is C20H10ClFN4O2S. The first-order valence-electron chi connectivity index (χ1n) is 8.23. The molecule has 0 fully saturated rings.